The van der Waals surface area contributed by atoms with Gasteiger partial charge in [0.1, 0.15) is 17.4 Å². The number of thiophene rings is 1. The van der Waals surface area contributed by atoms with Gasteiger partial charge in [-0.3, -0.25) is 4.79 Å². The van der Waals surface area contributed by atoms with E-state index in [1.54, 1.807) is 24.7 Å². The normalized spacial score (nSPS) is 12.4. The van der Waals surface area contributed by atoms with Crippen LogP contribution >= 0.6 is 11.3 Å². The molecule has 0 spiro atoms. The molecular weight excluding hydrogens is 334 g/mol. The van der Waals surface area contributed by atoms with E-state index in [1.807, 2.05) is 25.1 Å². The summed E-state index contributed by atoms with van der Waals surface area (Å²) in [6.45, 7) is 5.87. The van der Waals surface area contributed by atoms with Crippen molar-refractivity contribution in [2.24, 2.45) is 7.05 Å². The Morgan fingerprint density at radius 2 is 2.24 bits per heavy atom. The molecule has 0 radical (unpaired) electrons. The summed E-state index contributed by atoms with van der Waals surface area (Å²) in [5.74, 6) is 0.669. The molecular formula is C19H23N3O2S. The van der Waals surface area contributed by atoms with Crippen molar-refractivity contribution >= 4 is 22.2 Å². The van der Waals surface area contributed by atoms with E-state index in [0.717, 1.165) is 25.1 Å². The van der Waals surface area contributed by atoms with E-state index in [-0.39, 0.29) is 11.7 Å². The summed E-state index contributed by atoms with van der Waals surface area (Å²) in [7, 11) is 1.71. The lowest BCUT2D eigenvalue weighted by atomic mass is 10.1. The summed E-state index contributed by atoms with van der Waals surface area (Å²) in [6, 6.07) is 7.95. The highest BCUT2D eigenvalue weighted by Gasteiger charge is 2.17. The molecule has 0 fully saturated rings. The molecule has 1 atom stereocenters. The Bertz CT molecular complexity index is 903. The highest BCUT2D eigenvalue weighted by Crippen LogP contribution is 2.31. The van der Waals surface area contributed by atoms with Crippen molar-refractivity contribution in [3.05, 3.63) is 56.8 Å². The summed E-state index contributed by atoms with van der Waals surface area (Å²) < 4.78 is 7.85. The second kappa shape index (κ2) is 7.80. The number of nitrogens with one attached hydrogen (secondary N) is 1. The van der Waals surface area contributed by atoms with Crippen molar-refractivity contribution in [1.82, 2.24) is 14.9 Å². The van der Waals surface area contributed by atoms with Crippen LogP contribution in [0.5, 0.6) is 5.75 Å². The third-order valence-corrected chi connectivity index (χ3v) is 5.06. The third-order valence-electron chi connectivity index (χ3n) is 4.09. The molecule has 0 saturated carbocycles. The van der Waals surface area contributed by atoms with Gasteiger partial charge in [0, 0.05) is 18.3 Å². The molecule has 3 rings (SSSR count). The number of rotatable bonds is 7. The van der Waals surface area contributed by atoms with Crippen LogP contribution in [-0.2, 0) is 7.05 Å². The summed E-state index contributed by atoms with van der Waals surface area (Å²) in [4.78, 5) is 18.0. The number of ether oxygens (including phenoxy) is 1. The van der Waals surface area contributed by atoms with E-state index in [1.165, 1.54) is 9.44 Å². The zero-order valence-electron chi connectivity index (χ0n) is 14.8. The minimum atomic E-state index is -0.0603. The van der Waals surface area contributed by atoms with Crippen molar-refractivity contribution in [3.8, 4) is 5.75 Å². The van der Waals surface area contributed by atoms with Gasteiger partial charge >= 0.3 is 0 Å². The number of hydrogen-bond acceptors (Lipinski definition) is 5. The first-order chi connectivity index (χ1) is 12.1. The minimum absolute atomic E-state index is 0.0566. The molecule has 0 aliphatic carbocycles. The highest BCUT2D eigenvalue weighted by atomic mass is 32.1. The lowest BCUT2D eigenvalue weighted by molar-refractivity contribution is 0.200. The van der Waals surface area contributed by atoms with Crippen LogP contribution in [0.2, 0.25) is 0 Å². The molecule has 1 aromatic carbocycles. The number of nitrogens with zero attached hydrogens (tertiary/aromatic N) is 2. The number of hydrogen-bond donors (Lipinski definition) is 1. The fraction of sp³-hybridized carbons (Fsp3) is 0.368. The smallest absolute Gasteiger partial charge is 0.261 e. The average molecular weight is 357 g/mol. The second-order valence-corrected chi connectivity index (χ2v) is 7.06. The minimum Gasteiger partial charge on any atom is -0.483 e. The molecule has 5 nitrogen and oxygen atoms in total. The Labute approximate surface area is 151 Å². The predicted molar refractivity (Wildman–Crippen MR) is 103 cm³/mol. The van der Waals surface area contributed by atoms with Gasteiger partial charge in [0.25, 0.3) is 5.56 Å². The van der Waals surface area contributed by atoms with Gasteiger partial charge < -0.3 is 14.6 Å². The Balaban J connectivity index is 1.99. The Morgan fingerprint density at radius 3 is 2.96 bits per heavy atom. The molecule has 3 aromatic rings. The predicted octanol–water partition coefficient (Wildman–Crippen LogP) is 3.42. The molecule has 1 N–H and O–H groups in total. The number of aromatic nitrogens is 2. The van der Waals surface area contributed by atoms with Crippen LogP contribution in [0.15, 0.2) is 40.8 Å². The van der Waals surface area contributed by atoms with E-state index in [2.05, 4.69) is 28.7 Å². The molecule has 132 valence electrons. The summed E-state index contributed by atoms with van der Waals surface area (Å²) in [6.07, 6.45) is 2.34. The molecule has 0 saturated heterocycles. The van der Waals surface area contributed by atoms with Crippen LogP contribution in [0.3, 0.4) is 0 Å². The average Bonchev–Trinajstić information content (AvgIpc) is 3.12. The van der Waals surface area contributed by atoms with Crippen LogP contribution in [0.25, 0.3) is 10.9 Å². The number of aryl methyl sites for hydroxylation is 2. The molecule has 25 heavy (non-hydrogen) atoms. The SMILES string of the molecule is CCNCCC(Oc1cc(C)cc2c(=O)n(C)cnc12)c1cccs1. The van der Waals surface area contributed by atoms with E-state index in [9.17, 15) is 4.79 Å². The molecule has 0 amide bonds. The maximum atomic E-state index is 12.4. The fourth-order valence-corrected chi connectivity index (χ4v) is 3.60. The van der Waals surface area contributed by atoms with Crippen LogP contribution < -0.4 is 15.6 Å². The van der Waals surface area contributed by atoms with E-state index in [4.69, 9.17) is 4.74 Å². The van der Waals surface area contributed by atoms with Gasteiger partial charge in [0.05, 0.1) is 11.7 Å². The zero-order chi connectivity index (χ0) is 17.8. The van der Waals surface area contributed by atoms with Gasteiger partial charge in [-0.05, 0) is 49.2 Å². The largest absolute Gasteiger partial charge is 0.483 e. The molecule has 0 aliphatic heterocycles. The van der Waals surface area contributed by atoms with Crippen LogP contribution in [0.4, 0.5) is 0 Å². The quantitative estimate of drug-likeness (QED) is 0.658. The van der Waals surface area contributed by atoms with Crippen LogP contribution in [0.1, 0.15) is 29.9 Å². The van der Waals surface area contributed by atoms with Gasteiger partial charge in [0.15, 0.2) is 0 Å². The van der Waals surface area contributed by atoms with Crippen molar-refractivity contribution in [2.75, 3.05) is 13.1 Å². The molecule has 0 bridgehead atoms. The van der Waals surface area contributed by atoms with E-state index >= 15 is 0 Å². The lowest BCUT2D eigenvalue weighted by Crippen LogP contribution is -2.20. The van der Waals surface area contributed by atoms with E-state index < -0.39 is 0 Å². The summed E-state index contributed by atoms with van der Waals surface area (Å²) in [5.41, 5.74) is 1.56. The van der Waals surface area contributed by atoms with Gasteiger partial charge in [-0.15, -0.1) is 11.3 Å². The molecule has 6 heteroatoms. The molecule has 1 unspecified atom stereocenters. The maximum Gasteiger partial charge on any atom is 0.261 e. The Kier molecular flexibility index (Phi) is 5.50. The molecule has 2 heterocycles. The Morgan fingerprint density at radius 1 is 1.40 bits per heavy atom. The van der Waals surface area contributed by atoms with Gasteiger partial charge in [0.2, 0.25) is 0 Å². The first kappa shape index (κ1) is 17.6. The monoisotopic (exact) mass is 357 g/mol. The summed E-state index contributed by atoms with van der Waals surface area (Å²) in [5, 5.41) is 6.00. The van der Waals surface area contributed by atoms with Crippen LogP contribution in [-0.4, -0.2) is 22.6 Å². The van der Waals surface area contributed by atoms with Crippen molar-refractivity contribution in [1.29, 1.82) is 0 Å². The van der Waals surface area contributed by atoms with Gasteiger partial charge in [-0.1, -0.05) is 13.0 Å². The van der Waals surface area contributed by atoms with Crippen molar-refractivity contribution in [3.63, 3.8) is 0 Å². The van der Waals surface area contributed by atoms with Gasteiger partial charge in [-0.2, -0.15) is 0 Å². The first-order valence-electron chi connectivity index (χ1n) is 8.47. The standard InChI is InChI=1S/C19H23N3O2S/c1-4-20-8-7-15(17-6-5-9-25-17)24-16-11-13(2)10-14-18(16)21-12-22(3)19(14)23/h5-6,9-12,15,20H,4,7-8H2,1-3H3. The topological polar surface area (TPSA) is 56.1 Å². The number of fused-ring (bicyclic) bond motifs is 1. The first-order valence-corrected chi connectivity index (χ1v) is 9.35. The second-order valence-electron chi connectivity index (χ2n) is 6.08. The summed E-state index contributed by atoms with van der Waals surface area (Å²) >= 11 is 1.68. The fourth-order valence-electron chi connectivity index (χ4n) is 2.82. The maximum absolute atomic E-state index is 12.4. The molecule has 0 aliphatic rings. The number of benzene rings is 1. The lowest BCUT2D eigenvalue weighted by Gasteiger charge is -2.19. The Hall–Kier alpha value is -2.18. The van der Waals surface area contributed by atoms with Crippen molar-refractivity contribution in [2.45, 2.75) is 26.4 Å². The molecule has 2 aromatic heterocycles. The zero-order valence-corrected chi connectivity index (χ0v) is 15.6. The van der Waals surface area contributed by atoms with Crippen molar-refractivity contribution < 1.29 is 4.74 Å². The highest BCUT2D eigenvalue weighted by molar-refractivity contribution is 7.10. The van der Waals surface area contributed by atoms with Gasteiger partial charge in [-0.25, -0.2) is 4.98 Å². The van der Waals surface area contributed by atoms with E-state index in [0.29, 0.717) is 16.7 Å². The van der Waals surface area contributed by atoms with Crippen LogP contribution in [0, 0.1) is 6.92 Å². The third kappa shape index (κ3) is 3.91.